The van der Waals surface area contributed by atoms with Crippen molar-refractivity contribution in [3.8, 4) is 0 Å². The Kier molecular flexibility index (Phi) is 5.37. The quantitative estimate of drug-likeness (QED) is 0.809. The number of nitrogen functional groups attached to an aromatic ring is 1. The zero-order chi connectivity index (χ0) is 17.7. The van der Waals surface area contributed by atoms with Gasteiger partial charge in [0.05, 0.1) is 6.42 Å². The fraction of sp³-hybridized carbons (Fsp3) is 0.381. The van der Waals surface area contributed by atoms with Gasteiger partial charge in [0.1, 0.15) is 5.82 Å². The minimum Gasteiger partial charge on any atom is -0.399 e. The van der Waals surface area contributed by atoms with E-state index in [2.05, 4.69) is 5.32 Å². The predicted octanol–water partition coefficient (Wildman–Crippen LogP) is 3.97. The highest BCUT2D eigenvalue weighted by Crippen LogP contribution is 2.39. The fourth-order valence-electron chi connectivity index (χ4n) is 3.75. The lowest BCUT2D eigenvalue weighted by Crippen LogP contribution is -2.42. The molecule has 1 amide bonds. The molecule has 25 heavy (non-hydrogen) atoms. The standard InChI is InChI=1S/C21H25FN2O/c22-18-8-6-17(7-9-18)21(12-2-1-3-13-21)15-24-20(25)14-16-4-10-19(23)11-5-16/h4-11H,1-3,12-15,23H2,(H,24,25). The van der Waals surface area contributed by atoms with Crippen LogP contribution in [0.3, 0.4) is 0 Å². The number of nitrogens with two attached hydrogens (primary N) is 1. The molecule has 0 radical (unpaired) electrons. The van der Waals surface area contributed by atoms with Gasteiger partial charge in [0.15, 0.2) is 0 Å². The van der Waals surface area contributed by atoms with Gasteiger partial charge in [-0.3, -0.25) is 4.79 Å². The van der Waals surface area contributed by atoms with E-state index in [9.17, 15) is 9.18 Å². The number of anilines is 1. The Morgan fingerprint density at radius 2 is 1.64 bits per heavy atom. The molecule has 3 N–H and O–H groups in total. The number of hydrogen-bond acceptors (Lipinski definition) is 2. The molecule has 0 spiro atoms. The lowest BCUT2D eigenvalue weighted by Gasteiger charge is -2.38. The number of carbonyl (C=O) groups is 1. The summed E-state index contributed by atoms with van der Waals surface area (Å²) in [5.41, 5.74) is 8.37. The van der Waals surface area contributed by atoms with Crippen LogP contribution in [0, 0.1) is 5.82 Å². The van der Waals surface area contributed by atoms with Crippen molar-refractivity contribution in [2.75, 3.05) is 12.3 Å². The van der Waals surface area contributed by atoms with E-state index in [1.54, 1.807) is 0 Å². The average Bonchev–Trinajstić information content (AvgIpc) is 2.63. The third-order valence-electron chi connectivity index (χ3n) is 5.24. The molecule has 0 aliphatic heterocycles. The summed E-state index contributed by atoms with van der Waals surface area (Å²) in [7, 11) is 0. The fourth-order valence-corrected chi connectivity index (χ4v) is 3.75. The molecule has 0 unspecified atom stereocenters. The maximum Gasteiger partial charge on any atom is 0.224 e. The zero-order valence-corrected chi connectivity index (χ0v) is 14.4. The van der Waals surface area contributed by atoms with E-state index in [0.29, 0.717) is 18.7 Å². The van der Waals surface area contributed by atoms with Crippen LogP contribution in [-0.4, -0.2) is 12.5 Å². The highest BCUT2D eigenvalue weighted by atomic mass is 19.1. The van der Waals surface area contributed by atoms with E-state index in [-0.39, 0.29) is 17.1 Å². The minimum absolute atomic E-state index is 0.0110. The van der Waals surface area contributed by atoms with Gasteiger partial charge in [0, 0.05) is 17.6 Å². The Morgan fingerprint density at radius 1 is 1.00 bits per heavy atom. The van der Waals surface area contributed by atoms with Gasteiger partial charge in [-0.25, -0.2) is 4.39 Å². The Morgan fingerprint density at radius 3 is 2.28 bits per heavy atom. The third-order valence-corrected chi connectivity index (χ3v) is 5.24. The molecule has 0 atom stereocenters. The van der Waals surface area contributed by atoms with Crippen molar-refractivity contribution >= 4 is 11.6 Å². The summed E-state index contributed by atoms with van der Waals surface area (Å²) in [4.78, 5) is 12.4. The van der Waals surface area contributed by atoms with Gasteiger partial charge in [-0.15, -0.1) is 0 Å². The molecule has 1 saturated carbocycles. The number of benzene rings is 2. The highest BCUT2D eigenvalue weighted by Gasteiger charge is 2.34. The molecule has 0 bridgehead atoms. The predicted molar refractivity (Wildman–Crippen MR) is 98.7 cm³/mol. The summed E-state index contributed by atoms with van der Waals surface area (Å²) >= 11 is 0. The molecule has 1 aliphatic rings. The first-order valence-corrected chi connectivity index (χ1v) is 8.95. The van der Waals surface area contributed by atoms with Gasteiger partial charge in [0.2, 0.25) is 5.91 Å². The maximum absolute atomic E-state index is 13.3. The van der Waals surface area contributed by atoms with Crippen molar-refractivity contribution in [3.63, 3.8) is 0 Å². The smallest absolute Gasteiger partial charge is 0.224 e. The van der Waals surface area contributed by atoms with Crippen LogP contribution in [0.25, 0.3) is 0 Å². The molecule has 2 aromatic rings. The molecule has 1 aliphatic carbocycles. The lowest BCUT2D eigenvalue weighted by atomic mass is 9.69. The minimum atomic E-state index is -0.220. The summed E-state index contributed by atoms with van der Waals surface area (Å²) in [5, 5.41) is 3.11. The van der Waals surface area contributed by atoms with Crippen LogP contribution >= 0.6 is 0 Å². The molecule has 2 aromatic carbocycles. The first-order valence-electron chi connectivity index (χ1n) is 8.95. The molecule has 0 saturated heterocycles. The maximum atomic E-state index is 13.3. The Labute approximate surface area is 148 Å². The van der Waals surface area contributed by atoms with Crippen LogP contribution in [0.2, 0.25) is 0 Å². The SMILES string of the molecule is Nc1ccc(CC(=O)NCC2(c3ccc(F)cc3)CCCCC2)cc1. The molecule has 132 valence electrons. The summed E-state index contributed by atoms with van der Waals surface area (Å²) in [5.74, 6) is -0.209. The Bertz CT molecular complexity index is 704. The number of nitrogens with one attached hydrogen (secondary N) is 1. The number of halogens is 1. The normalized spacial score (nSPS) is 16.4. The van der Waals surface area contributed by atoms with Gasteiger partial charge in [-0.05, 0) is 48.2 Å². The molecular weight excluding hydrogens is 315 g/mol. The summed E-state index contributed by atoms with van der Waals surface area (Å²) in [6, 6.07) is 14.1. The van der Waals surface area contributed by atoms with Crippen molar-refractivity contribution in [1.29, 1.82) is 0 Å². The highest BCUT2D eigenvalue weighted by molar-refractivity contribution is 5.78. The van der Waals surface area contributed by atoms with E-state index in [1.165, 1.54) is 18.6 Å². The Hall–Kier alpha value is -2.36. The number of amides is 1. The average molecular weight is 340 g/mol. The number of rotatable bonds is 5. The van der Waals surface area contributed by atoms with Gasteiger partial charge in [-0.2, -0.15) is 0 Å². The number of carbonyl (C=O) groups excluding carboxylic acids is 1. The van der Waals surface area contributed by atoms with Crippen LogP contribution in [0.5, 0.6) is 0 Å². The van der Waals surface area contributed by atoms with E-state index in [4.69, 9.17) is 5.73 Å². The van der Waals surface area contributed by atoms with E-state index in [0.717, 1.165) is 36.8 Å². The van der Waals surface area contributed by atoms with Crippen molar-refractivity contribution in [1.82, 2.24) is 5.32 Å². The lowest BCUT2D eigenvalue weighted by molar-refractivity contribution is -0.120. The molecule has 3 nitrogen and oxygen atoms in total. The monoisotopic (exact) mass is 340 g/mol. The first kappa shape index (κ1) is 17.5. The van der Waals surface area contributed by atoms with E-state index < -0.39 is 0 Å². The zero-order valence-electron chi connectivity index (χ0n) is 14.4. The summed E-state index contributed by atoms with van der Waals surface area (Å²) in [6.45, 7) is 0.604. The third kappa shape index (κ3) is 4.38. The van der Waals surface area contributed by atoms with E-state index >= 15 is 0 Å². The molecule has 0 heterocycles. The second-order valence-corrected chi connectivity index (χ2v) is 7.04. The van der Waals surface area contributed by atoms with Gasteiger partial charge < -0.3 is 11.1 Å². The number of hydrogen-bond donors (Lipinski definition) is 2. The van der Waals surface area contributed by atoms with Crippen LogP contribution in [0.15, 0.2) is 48.5 Å². The van der Waals surface area contributed by atoms with Crippen molar-refractivity contribution < 1.29 is 9.18 Å². The van der Waals surface area contributed by atoms with Crippen molar-refractivity contribution in [2.24, 2.45) is 0 Å². The van der Waals surface area contributed by atoms with Gasteiger partial charge >= 0.3 is 0 Å². The largest absolute Gasteiger partial charge is 0.399 e. The molecular formula is C21H25FN2O. The second kappa shape index (κ2) is 7.68. The van der Waals surface area contributed by atoms with Crippen LogP contribution in [0.1, 0.15) is 43.2 Å². The van der Waals surface area contributed by atoms with Gasteiger partial charge in [0.25, 0.3) is 0 Å². The molecule has 0 aromatic heterocycles. The van der Waals surface area contributed by atoms with E-state index in [1.807, 2.05) is 36.4 Å². The van der Waals surface area contributed by atoms with Gasteiger partial charge in [-0.1, -0.05) is 43.5 Å². The second-order valence-electron chi connectivity index (χ2n) is 7.04. The van der Waals surface area contributed by atoms with Crippen LogP contribution < -0.4 is 11.1 Å². The van der Waals surface area contributed by atoms with Crippen LogP contribution in [0.4, 0.5) is 10.1 Å². The molecule has 3 rings (SSSR count). The van der Waals surface area contributed by atoms with Crippen molar-refractivity contribution in [3.05, 3.63) is 65.5 Å². The molecule has 4 heteroatoms. The first-order chi connectivity index (χ1) is 12.1. The van der Waals surface area contributed by atoms with Crippen LogP contribution in [-0.2, 0) is 16.6 Å². The summed E-state index contributed by atoms with van der Waals surface area (Å²) in [6.07, 6.45) is 5.92. The topological polar surface area (TPSA) is 55.1 Å². The summed E-state index contributed by atoms with van der Waals surface area (Å²) < 4.78 is 13.3. The molecule has 1 fully saturated rings. The Balaban J connectivity index is 1.67. The van der Waals surface area contributed by atoms with Crippen molar-refractivity contribution in [2.45, 2.75) is 43.9 Å².